The smallest absolute Gasteiger partial charge is 0.127 e. The minimum absolute atomic E-state index is 0.122. The maximum atomic E-state index is 5.74. The molecule has 0 aromatic heterocycles. The van der Waals surface area contributed by atoms with E-state index in [1.54, 1.807) is 0 Å². The van der Waals surface area contributed by atoms with Crippen molar-refractivity contribution in [3.8, 4) is 17.2 Å². The highest BCUT2D eigenvalue weighted by Crippen LogP contribution is 2.23. The van der Waals surface area contributed by atoms with Gasteiger partial charge < -0.3 is 14.8 Å². The molecule has 1 N–H and O–H groups in total. The number of nitrogens with one attached hydrogen (secondary N) is 1. The first-order valence-corrected chi connectivity index (χ1v) is 7.24. The summed E-state index contributed by atoms with van der Waals surface area (Å²) in [6.45, 7) is 7.90. The lowest BCUT2D eigenvalue weighted by Gasteiger charge is -2.20. The number of para-hydroxylation sites is 1. The Balaban J connectivity index is 1.79. The molecule has 3 nitrogen and oxygen atoms in total. The zero-order valence-electron chi connectivity index (χ0n) is 12.9. The summed E-state index contributed by atoms with van der Waals surface area (Å²) in [5.74, 6) is 2.49. The topological polar surface area (TPSA) is 30.5 Å². The molecule has 112 valence electrons. The Morgan fingerprint density at radius 2 is 1.38 bits per heavy atom. The Morgan fingerprint density at radius 3 is 2.00 bits per heavy atom. The molecule has 2 aromatic carbocycles. The van der Waals surface area contributed by atoms with Crippen molar-refractivity contribution in [3.05, 3.63) is 54.6 Å². The second kappa shape index (κ2) is 7.14. The monoisotopic (exact) mass is 285 g/mol. The molecule has 0 amide bonds. The van der Waals surface area contributed by atoms with E-state index in [9.17, 15) is 0 Å². The van der Waals surface area contributed by atoms with E-state index in [4.69, 9.17) is 9.47 Å². The minimum atomic E-state index is 0.122. The van der Waals surface area contributed by atoms with Gasteiger partial charge >= 0.3 is 0 Å². The molecular formula is C18H23NO2. The summed E-state index contributed by atoms with van der Waals surface area (Å²) in [5.41, 5.74) is 0.122. The number of hydrogen-bond donors (Lipinski definition) is 1. The van der Waals surface area contributed by atoms with Gasteiger partial charge in [0.05, 0.1) is 0 Å². The van der Waals surface area contributed by atoms with Crippen LogP contribution in [0.3, 0.4) is 0 Å². The van der Waals surface area contributed by atoms with Gasteiger partial charge in [-0.05, 0) is 57.2 Å². The lowest BCUT2D eigenvalue weighted by molar-refractivity contribution is 0.290. The lowest BCUT2D eigenvalue weighted by Crippen LogP contribution is -2.38. The molecule has 2 aromatic rings. The van der Waals surface area contributed by atoms with Crippen LogP contribution in [-0.4, -0.2) is 18.7 Å². The van der Waals surface area contributed by atoms with Gasteiger partial charge in [-0.1, -0.05) is 18.2 Å². The molecule has 0 fully saturated rings. The Kier molecular flexibility index (Phi) is 5.23. The first-order valence-electron chi connectivity index (χ1n) is 7.24. The van der Waals surface area contributed by atoms with Crippen molar-refractivity contribution in [2.75, 3.05) is 13.2 Å². The van der Waals surface area contributed by atoms with Crippen LogP contribution in [-0.2, 0) is 0 Å². The average molecular weight is 285 g/mol. The lowest BCUT2D eigenvalue weighted by atomic mass is 10.1. The maximum Gasteiger partial charge on any atom is 0.127 e. The summed E-state index contributed by atoms with van der Waals surface area (Å²) in [6.07, 6.45) is 0. The molecule has 0 aliphatic heterocycles. The van der Waals surface area contributed by atoms with E-state index >= 15 is 0 Å². The molecule has 0 spiro atoms. The van der Waals surface area contributed by atoms with Gasteiger partial charge in [0.1, 0.15) is 23.9 Å². The van der Waals surface area contributed by atoms with Crippen molar-refractivity contribution in [3.63, 3.8) is 0 Å². The summed E-state index contributed by atoms with van der Waals surface area (Å²) in [5, 5.41) is 3.39. The fraction of sp³-hybridized carbons (Fsp3) is 0.333. The first kappa shape index (κ1) is 15.4. The van der Waals surface area contributed by atoms with E-state index < -0.39 is 0 Å². The fourth-order valence-corrected chi connectivity index (χ4v) is 1.82. The summed E-state index contributed by atoms with van der Waals surface area (Å²) < 4.78 is 11.4. The van der Waals surface area contributed by atoms with Crippen molar-refractivity contribution in [2.24, 2.45) is 0 Å². The fourth-order valence-electron chi connectivity index (χ4n) is 1.82. The summed E-state index contributed by atoms with van der Waals surface area (Å²) in [7, 11) is 0. The van der Waals surface area contributed by atoms with Gasteiger partial charge in [0.25, 0.3) is 0 Å². The molecule has 2 rings (SSSR count). The predicted octanol–water partition coefficient (Wildman–Crippen LogP) is 4.25. The van der Waals surface area contributed by atoms with Gasteiger partial charge in [-0.25, -0.2) is 0 Å². The van der Waals surface area contributed by atoms with Crippen LogP contribution in [0.1, 0.15) is 20.8 Å². The average Bonchev–Trinajstić information content (AvgIpc) is 2.45. The van der Waals surface area contributed by atoms with Crippen LogP contribution < -0.4 is 14.8 Å². The largest absolute Gasteiger partial charge is 0.492 e. The van der Waals surface area contributed by atoms with Crippen LogP contribution in [0, 0.1) is 0 Å². The summed E-state index contributed by atoms with van der Waals surface area (Å²) in [6, 6.07) is 17.4. The molecule has 0 unspecified atom stereocenters. The van der Waals surface area contributed by atoms with Crippen LogP contribution in [0.2, 0.25) is 0 Å². The van der Waals surface area contributed by atoms with Crippen molar-refractivity contribution in [1.82, 2.24) is 5.32 Å². The van der Waals surface area contributed by atoms with Crippen LogP contribution in [0.5, 0.6) is 17.2 Å². The van der Waals surface area contributed by atoms with Crippen LogP contribution in [0.15, 0.2) is 54.6 Å². The minimum Gasteiger partial charge on any atom is -0.492 e. The third-order valence-corrected chi connectivity index (χ3v) is 2.83. The Bertz CT molecular complexity index is 529. The predicted molar refractivity (Wildman–Crippen MR) is 86.2 cm³/mol. The zero-order chi connectivity index (χ0) is 15.1. The van der Waals surface area contributed by atoms with Crippen molar-refractivity contribution in [1.29, 1.82) is 0 Å². The Labute approximate surface area is 126 Å². The number of rotatable bonds is 6. The molecule has 0 heterocycles. The quantitative estimate of drug-likeness (QED) is 0.805. The van der Waals surface area contributed by atoms with Crippen LogP contribution in [0.4, 0.5) is 0 Å². The van der Waals surface area contributed by atoms with E-state index in [0.717, 1.165) is 23.8 Å². The molecule has 0 saturated heterocycles. The van der Waals surface area contributed by atoms with E-state index in [2.05, 4.69) is 26.1 Å². The number of benzene rings is 2. The van der Waals surface area contributed by atoms with E-state index in [1.807, 2.05) is 54.6 Å². The van der Waals surface area contributed by atoms with E-state index in [1.165, 1.54) is 0 Å². The number of hydrogen-bond acceptors (Lipinski definition) is 3. The highest BCUT2D eigenvalue weighted by molar-refractivity contribution is 5.35. The van der Waals surface area contributed by atoms with Gasteiger partial charge in [-0.3, -0.25) is 0 Å². The van der Waals surface area contributed by atoms with Crippen LogP contribution >= 0.6 is 0 Å². The molecule has 0 aliphatic rings. The third kappa shape index (κ3) is 5.88. The molecule has 0 saturated carbocycles. The van der Waals surface area contributed by atoms with Gasteiger partial charge in [-0.15, -0.1) is 0 Å². The van der Waals surface area contributed by atoms with Gasteiger partial charge in [0.2, 0.25) is 0 Å². The molecule has 0 radical (unpaired) electrons. The first-order chi connectivity index (χ1) is 10.0. The summed E-state index contributed by atoms with van der Waals surface area (Å²) >= 11 is 0. The van der Waals surface area contributed by atoms with Crippen molar-refractivity contribution >= 4 is 0 Å². The SMILES string of the molecule is CC(C)(C)NCCOc1ccc(Oc2ccccc2)cc1. The Hall–Kier alpha value is -2.00. The van der Waals surface area contributed by atoms with Gasteiger partial charge in [0.15, 0.2) is 0 Å². The highest BCUT2D eigenvalue weighted by atomic mass is 16.5. The van der Waals surface area contributed by atoms with Gasteiger partial charge in [0, 0.05) is 12.1 Å². The van der Waals surface area contributed by atoms with Crippen molar-refractivity contribution in [2.45, 2.75) is 26.3 Å². The van der Waals surface area contributed by atoms with Gasteiger partial charge in [-0.2, -0.15) is 0 Å². The maximum absolute atomic E-state index is 5.74. The standard InChI is InChI=1S/C18H23NO2/c1-18(2,3)19-13-14-20-15-9-11-17(12-10-15)21-16-7-5-4-6-8-16/h4-12,19H,13-14H2,1-3H3. The Morgan fingerprint density at radius 1 is 0.810 bits per heavy atom. The highest BCUT2D eigenvalue weighted by Gasteiger charge is 2.07. The van der Waals surface area contributed by atoms with E-state index in [-0.39, 0.29) is 5.54 Å². The molecular weight excluding hydrogens is 262 g/mol. The molecule has 0 bridgehead atoms. The normalized spacial score (nSPS) is 11.2. The molecule has 21 heavy (non-hydrogen) atoms. The second-order valence-corrected chi connectivity index (χ2v) is 5.91. The van der Waals surface area contributed by atoms with E-state index in [0.29, 0.717) is 6.61 Å². The molecule has 0 aliphatic carbocycles. The molecule has 3 heteroatoms. The summed E-state index contributed by atoms with van der Waals surface area (Å²) in [4.78, 5) is 0. The van der Waals surface area contributed by atoms with Crippen LogP contribution in [0.25, 0.3) is 0 Å². The third-order valence-electron chi connectivity index (χ3n) is 2.83. The molecule has 0 atom stereocenters. The van der Waals surface area contributed by atoms with Crippen molar-refractivity contribution < 1.29 is 9.47 Å². The number of ether oxygens (including phenoxy) is 2. The zero-order valence-corrected chi connectivity index (χ0v) is 12.9. The second-order valence-electron chi connectivity index (χ2n) is 5.91.